The maximum absolute atomic E-state index is 5.86. The highest BCUT2D eigenvalue weighted by Crippen LogP contribution is 2.28. The third-order valence-corrected chi connectivity index (χ3v) is 3.80. The van der Waals surface area contributed by atoms with Gasteiger partial charge >= 0.3 is 0 Å². The van der Waals surface area contributed by atoms with Crippen LogP contribution < -0.4 is 15.8 Å². The zero-order chi connectivity index (χ0) is 13.8. The molecule has 0 amide bonds. The number of hydrogen-bond acceptors (Lipinski definition) is 5. The third-order valence-electron chi connectivity index (χ3n) is 2.71. The lowest BCUT2D eigenvalue weighted by atomic mass is 10.2. The van der Waals surface area contributed by atoms with E-state index in [-0.39, 0.29) is 6.04 Å². The first-order chi connectivity index (χ1) is 9.10. The molecular formula is C14H19N3OS. The molecule has 0 saturated carbocycles. The van der Waals surface area contributed by atoms with Crippen molar-refractivity contribution < 1.29 is 4.74 Å². The Kier molecular flexibility index (Phi) is 4.27. The maximum atomic E-state index is 5.86. The molecule has 1 atom stereocenters. The average Bonchev–Trinajstić information content (AvgIpc) is 2.80. The molecule has 1 heterocycles. The number of nitrogens with two attached hydrogens (primary N) is 1. The van der Waals surface area contributed by atoms with E-state index in [0.29, 0.717) is 12.3 Å². The van der Waals surface area contributed by atoms with Gasteiger partial charge < -0.3 is 15.8 Å². The topological polar surface area (TPSA) is 60.2 Å². The second-order valence-electron chi connectivity index (χ2n) is 4.36. The molecule has 3 N–H and O–H groups in total. The lowest BCUT2D eigenvalue weighted by Gasteiger charge is -2.15. The van der Waals surface area contributed by atoms with Crippen molar-refractivity contribution in [1.29, 1.82) is 0 Å². The lowest BCUT2D eigenvalue weighted by Crippen LogP contribution is -2.06. The van der Waals surface area contributed by atoms with Crippen LogP contribution in [0.15, 0.2) is 24.4 Å². The molecule has 2 aromatic rings. The Labute approximate surface area is 117 Å². The first-order valence-corrected chi connectivity index (χ1v) is 7.13. The van der Waals surface area contributed by atoms with Crippen molar-refractivity contribution in [2.24, 2.45) is 0 Å². The fourth-order valence-electron chi connectivity index (χ4n) is 1.79. The molecule has 102 valence electrons. The summed E-state index contributed by atoms with van der Waals surface area (Å²) in [5, 5.41) is 4.49. The van der Waals surface area contributed by atoms with Gasteiger partial charge in [0.1, 0.15) is 10.8 Å². The van der Waals surface area contributed by atoms with Crippen LogP contribution in [0.2, 0.25) is 0 Å². The second-order valence-corrected chi connectivity index (χ2v) is 5.63. The highest BCUT2D eigenvalue weighted by atomic mass is 32.1. The monoisotopic (exact) mass is 277 g/mol. The van der Waals surface area contributed by atoms with E-state index in [4.69, 9.17) is 10.5 Å². The smallest absolute Gasteiger partial charge is 0.144 e. The van der Waals surface area contributed by atoms with Gasteiger partial charge in [-0.3, -0.25) is 0 Å². The highest BCUT2D eigenvalue weighted by Gasteiger charge is 2.10. The van der Waals surface area contributed by atoms with Gasteiger partial charge in [-0.2, -0.15) is 0 Å². The molecule has 0 bridgehead atoms. The van der Waals surface area contributed by atoms with E-state index in [1.807, 2.05) is 31.3 Å². The number of rotatable bonds is 5. The predicted octanol–water partition coefficient (Wildman–Crippen LogP) is 3.61. The number of anilines is 2. The Bertz CT molecular complexity index is 553. The van der Waals surface area contributed by atoms with Crippen molar-refractivity contribution >= 4 is 22.7 Å². The van der Waals surface area contributed by atoms with Gasteiger partial charge in [-0.15, -0.1) is 11.3 Å². The van der Waals surface area contributed by atoms with E-state index in [1.165, 1.54) is 4.88 Å². The fraction of sp³-hybridized carbons (Fsp3) is 0.357. The zero-order valence-corrected chi connectivity index (χ0v) is 12.3. The van der Waals surface area contributed by atoms with Gasteiger partial charge in [-0.1, -0.05) is 0 Å². The number of ether oxygens (including phenoxy) is 1. The van der Waals surface area contributed by atoms with Crippen molar-refractivity contribution in [3.63, 3.8) is 0 Å². The summed E-state index contributed by atoms with van der Waals surface area (Å²) in [7, 11) is 0. The molecule has 1 aromatic heterocycles. The molecule has 0 radical (unpaired) electrons. The molecule has 0 fully saturated rings. The van der Waals surface area contributed by atoms with Crippen LogP contribution in [0.4, 0.5) is 11.4 Å². The van der Waals surface area contributed by atoms with E-state index in [0.717, 1.165) is 16.4 Å². The minimum atomic E-state index is 0.164. The molecule has 4 nitrogen and oxygen atoms in total. The van der Waals surface area contributed by atoms with Crippen molar-refractivity contribution in [2.45, 2.75) is 26.8 Å². The van der Waals surface area contributed by atoms with Gasteiger partial charge in [0.05, 0.1) is 18.3 Å². The molecule has 0 saturated heterocycles. The SMILES string of the molecule is CCOc1cc(NC(C)c2ncc(C)s2)ccc1N. The molecule has 1 aromatic carbocycles. The van der Waals surface area contributed by atoms with Crippen molar-refractivity contribution in [2.75, 3.05) is 17.7 Å². The van der Waals surface area contributed by atoms with Crippen LogP contribution in [0, 0.1) is 6.92 Å². The second kappa shape index (κ2) is 5.93. The largest absolute Gasteiger partial charge is 0.492 e. The van der Waals surface area contributed by atoms with Gasteiger partial charge in [0.25, 0.3) is 0 Å². The molecule has 2 rings (SSSR count). The molecule has 19 heavy (non-hydrogen) atoms. The van der Waals surface area contributed by atoms with Crippen LogP contribution in [-0.2, 0) is 0 Å². The Morgan fingerprint density at radius 1 is 1.47 bits per heavy atom. The normalized spacial score (nSPS) is 12.2. The Morgan fingerprint density at radius 2 is 2.26 bits per heavy atom. The first-order valence-electron chi connectivity index (χ1n) is 6.31. The van der Waals surface area contributed by atoms with E-state index in [2.05, 4.69) is 24.1 Å². The Balaban J connectivity index is 2.12. The number of aromatic nitrogens is 1. The number of thiazole rings is 1. The summed E-state index contributed by atoms with van der Waals surface area (Å²) < 4.78 is 5.49. The van der Waals surface area contributed by atoms with Crippen LogP contribution in [-0.4, -0.2) is 11.6 Å². The summed E-state index contributed by atoms with van der Waals surface area (Å²) in [6.45, 7) is 6.70. The third kappa shape index (κ3) is 3.38. The van der Waals surface area contributed by atoms with Gasteiger partial charge in [0.15, 0.2) is 0 Å². The van der Waals surface area contributed by atoms with E-state index in [9.17, 15) is 0 Å². The number of hydrogen-bond donors (Lipinski definition) is 2. The zero-order valence-electron chi connectivity index (χ0n) is 11.4. The van der Waals surface area contributed by atoms with Gasteiger partial charge in [0, 0.05) is 22.8 Å². The number of aryl methyl sites for hydroxylation is 1. The van der Waals surface area contributed by atoms with E-state index < -0.39 is 0 Å². The van der Waals surface area contributed by atoms with Crippen LogP contribution >= 0.6 is 11.3 Å². The Hall–Kier alpha value is -1.75. The van der Waals surface area contributed by atoms with E-state index in [1.54, 1.807) is 11.3 Å². The summed E-state index contributed by atoms with van der Waals surface area (Å²) in [5.41, 5.74) is 7.50. The summed E-state index contributed by atoms with van der Waals surface area (Å²) in [6.07, 6.45) is 1.90. The maximum Gasteiger partial charge on any atom is 0.144 e. The molecule has 1 unspecified atom stereocenters. The van der Waals surface area contributed by atoms with Crippen molar-refractivity contribution in [3.05, 3.63) is 34.3 Å². The standard InChI is InChI=1S/C14H19N3OS/c1-4-18-13-7-11(5-6-12(13)15)17-10(3)14-16-8-9(2)19-14/h5-8,10,17H,4,15H2,1-3H3. The molecule has 5 heteroatoms. The molecule has 0 aliphatic heterocycles. The number of nitrogens with one attached hydrogen (secondary N) is 1. The van der Waals surface area contributed by atoms with Gasteiger partial charge in [-0.25, -0.2) is 4.98 Å². The molecule has 0 spiro atoms. The van der Waals surface area contributed by atoms with Crippen LogP contribution in [0.1, 0.15) is 29.8 Å². The lowest BCUT2D eigenvalue weighted by molar-refractivity contribution is 0.342. The summed E-state index contributed by atoms with van der Waals surface area (Å²) in [6, 6.07) is 5.90. The minimum absolute atomic E-state index is 0.164. The van der Waals surface area contributed by atoms with Gasteiger partial charge in [0.2, 0.25) is 0 Å². The van der Waals surface area contributed by atoms with Crippen molar-refractivity contribution in [1.82, 2.24) is 4.98 Å². The van der Waals surface area contributed by atoms with Crippen LogP contribution in [0.25, 0.3) is 0 Å². The molecular weight excluding hydrogens is 258 g/mol. The average molecular weight is 277 g/mol. The van der Waals surface area contributed by atoms with Crippen LogP contribution in [0.3, 0.4) is 0 Å². The van der Waals surface area contributed by atoms with Crippen LogP contribution in [0.5, 0.6) is 5.75 Å². The Morgan fingerprint density at radius 3 is 2.89 bits per heavy atom. The number of nitrogens with zero attached hydrogens (tertiary/aromatic N) is 1. The first kappa shape index (κ1) is 13.7. The van der Waals surface area contributed by atoms with E-state index >= 15 is 0 Å². The molecule has 0 aliphatic carbocycles. The number of benzene rings is 1. The highest BCUT2D eigenvalue weighted by molar-refractivity contribution is 7.11. The van der Waals surface area contributed by atoms with Gasteiger partial charge in [-0.05, 0) is 32.9 Å². The summed E-state index contributed by atoms with van der Waals surface area (Å²) in [4.78, 5) is 5.61. The fourth-order valence-corrected chi connectivity index (χ4v) is 2.57. The quantitative estimate of drug-likeness (QED) is 0.820. The summed E-state index contributed by atoms with van der Waals surface area (Å²) in [5.74, 6) is 0.718. The number of nitrogen functional groups attached to an aromatic ring is 1. The predicted molar refractivity (Wildman–Crippen MR) is 80.9 cm³/mol. The van der Waals surface area contributed by atoms with Crippen molar-refractivity contribution in [3.8, 4) is 5.75 Å². The summed E-state index contributed by atoms with van der Waals surface area (Å²) >= 11 is 1.70. The minimum Gasteiger partial charge on any atom is -0.492 e. The molecule has 0 aliphatic rings.